The molecule has 4 rings (SSSR count). The third-order valence-corrected chi connectivity index (χ3v) is 6.01. The van der Waals surface area contributed by atoms with Gasteiger partial charge in [-0.25, -0.2) is 4.98 Å². The summed E-state index contributed by atoms with van der Waals surface area (Å²) in [5.41, 5.74) is 6.33. The first-order chi connectivity index (χ1) is 16.5. The number of hydrogen-bond donors (Lipinski definition) is 1. The number of para-hydroxylation sites is 2. The van der Waals surface area contributed by atoms with Crippen molar-refractivity contribution in [2.75, 3.05) is 13.2 Å². The van der Waals surface area contributed by atoms with Gasteiger partial charge >= 0.3 is 0 Å². The molecule has 1 amide bonds. The number of amides is 1. The Balaban J connectivity index is 1.33. The number of imidazole rings is 1. The molecule has 0 unspecified atom stereocenters. The molecule has 1 aromatic heterocycles. The van der Waals surface area contributed by atoms with Gasteiger partial charge in [-0.05, 0) is 69.5 Å². The van der Waals surface area contributed by atoms with Crippen LogP contribution in [-0.2, 0) is 13.0 Å². The van der Waals surface area contributed by atoms with Gasteiger partial charge in [0.1, 0.15) is 11.6 Å². The molecule has 0 spiro atoms. The number of benzene rings is 3. The number of carbonyl (C=O) groups excluding carboxylic acids is 1. The van der Waals surface area contributed by atoms with Crippen molar-refractivity contribution in [3.63, 3.8) is 0 Å². The number of hydrogen-bond acceptors (Lipinski definition) is 3. The second-order valence-electron chi connectivity index (χ2n) is 8.87. The van der Waals surface area contributed by atoms with E-state index in [9.17, 15) is 4.79 Å². The Morgan fingerprint density at radius 1 is 0.941 bits per heavy atom. The summed E-state index contributed by atoms with van der Waals surface area (Å²) in [5.74, 6) is 1.92. The third-order valence-electron chi connectivity index (χ3n) is 6.01. The summed E-state index contributed by atoms with van der Waals surface area (Å²) >= 11 is 0. The molecular weight excluding hydrogens is 422 g/mol. The van der Waals surface area contributed by atoms with E-state index >= 15 is 0 Å². The first kappa shape index (κ1) is 23.6. The van der Waals surface area contributed by atoms with Gasteiger partial charge in [-0.3, -0.25) is 4.79 Å². The lowest BCUT2D eigenvalue weighted by Gasteiger charge is -2.12. The molecule has 0 saturated heterocycles. The van der Waals surface area contributed by atoms with Gasteiger partial charge < -0.3 is 14.6 Å². The van der Waals surface area contributed by atoms with Crippen molar-refractivity contribution in [3.05, 3.63) is 94.8 Å². The minimum atomic E-state index is -0.0464. The lowest BCUT2D eigenvalue weighted by atomic mass is 10.1. The molecule has 0 atom stereocenters. The summed E-state index contributed by atoms with van der Waals surface area (Å²) < 4.78 is 8.28. The van der Waals surface area contributed by atoms with Gasteiger partial charge in [0.05, 0.1) is 17.6 Å². The summed E-state index contributed by atoms with van der Waals surface area (Å²) in [4.78, 5) is 17.3. The molecule has 4 aromatic rings. The van der Waals surface area contributed by atoms with Crippen LogP contribution in [0.25, 0.3) is 11.0 Å². The van der Waals surface area contributed by atoms with E-state index in [0.717, 1.165) is 47.6 Å². The molecular formula is C29H33N3O2. The normalized spacial score (nSPS) is 11.0. The number of rotatable bonds is 10. The Kier molecular flexibility index (Phi) is 7.63. The minimum Gasteiger partial charge on any atom is -0.493 e. The number of ether oxygens (including phenoxy) is 1. The maximum Gasteiger partial charge on any atom is 0.251 e. The molecule has 0 aliphatic carbocycles. The van der Waals surface area contributed by atoms with Crippen LogP contribution in [0.2, 0.25) is 0 Å². The Hall–Kier alpha value is -3.60. The minimum absolute atomic E-state index is 0.0464. The first-order valence-electron chi connectivity index (χ1n) is 12.0. The van der Waals surface area contributed by atoms with Crippen LogP contribution in [0, 0.1) is 20.8 Å². The Morgan fingerprint density at radius 2 is 1.76 bits per heavy atom. The van der Waals surface area contributed by atoms with Crippen molar-refractivity contribution in [1.82, 2.24) is 14.9 Å². The fourth-order valence-electron chi connectivity index (χ4n) is 4.26. The average molecular weight is 456 g/mol. The van der Waals surface area contributed by atoms with E-state index in [4.69, 9.17) is 9.72 Å². The standard InChI is InChI=1S/C29H33N3O2/c1-21-9-8-10-24(20-21)29(33)30-16-15-28-31-25-11-4-5-12-26(25)32(28)17-6-7-18-34-27-14-13-22(2)19-23(27)3/h4-5,8-14,19-20H,6-7,15-18H2,1-3H3,(H,30,33). The van der Waals surface area contributed by atoms with E-state index in [-0.39, 0.29) is 5.91 Å². The van der Waals surface area contributed by atoms with E-state index < -0.39 is 0 Å². The number of nitrogens with one attached hydrogen (secondary N) is 1. The molecule has 0 aliphatic heterocycles. The van der Waals surface area contributed by atoms with E-state index in [1.165, 1.54) is 11.1 Å². The summed E-state index contributed by atoms with van der Waals surface area (Å²) in [7, 11) is 0. The van der Waals surface area contributed by atoms with Crippen molar-refractivity contribution < 1.29 is 9.53 Å². The van der Waals surface area contributed by atoms with E-state index in [0.29, 0.717) is 25.1 Å². The fraction of sp³-hybridized carbons (Fsp3) is 0.310. The molecule has 0 bridgehead atoms. The lowest BCUT2D eigenvalue weighted by Crippen LogP contribution is -2.26. The zero-order valence-electron chi connectivity index (χ0n) is 20.3. The van der Waals surface area contributed by atoms with E-state index in [2.05, 4.69) is 48.0 Å². The van der Waals surface area contributed by atoms with Crippen molar-refractivity contribution in [3.8, 4) is 5.75 Å². The summed E-state index contributed by atoms with van der Waals surface area (Å²) in [5, 5.41) is 3.04. The number of nitrogens with zero attached hydrogens (tertiary/aromatic N) is 2. The van der Waals surface area contributed by atoms with Crippen molar-refractivity contribution in [2.24, 2.45) is 0 Å². The Bertz CT molecular complexity index is 1280. The Labute approximate surface area is 201 Å². The number of aromatic nitrogens is 2. The number of unbranched alkanes of at least 4 members (excludes halogenated alkanes) is 1. The first-order valence-corrected chi connectivity index (χ1v) is 12.0. The smallest absolute Gasteiger partial charge is 0.251 e. The van der Waals surface area contributed by atoms with Crippen LogP contribution in [0.5, 0.6) is 5.75 Å². The van der Waals surface area contributed by atoms with Gasteiger partial charge in [0, 0.05) is 25.1 Å². The van der Waals surface area contributed by atoms with Crippen LogP contribution >= 0.6 is 0 Å². The van der Waals surface area contributed by atoms with Crippen molar-refractivity contribution in [2.45, 2.75) is 46.6 Å². The highest BCUT2D eigenvalue weighted by molar-refractivity contribution is 5.94. The van der Waals surface area contributed by atoms with E-state index in [1.807, 2.05) is 49.4 Å². The molecule has 5 heteroatoms. The molecule has 0 saturated carbocycles. The molecule has 1 heterocycles. The van der Waals surface area contributed by atoms with Gasteiger partial charge in [0.15, 0.2) is 0 Å². The number of fused-ring (bicyclic) bond motifs is 1. The maximum absolute atomic E-state index is 12.5. The third kappa shape index (κ3) is 5.84. The summed E-state index contributed by atoms with van der Waals surface area (Å²) in [6.07, 6.45) is 2.64. The maximum atomic E-state index is 12.5. The predicted molar refractivity (Wildman–Crippen MR) is 138 cm³/mol. The van der Waals surface area contributed by atoms with E-state index in [1.54, 1.807) is 0 Å². The zero-order chi connectivity index (χ0) is 23.9. The van der Waals surface area contributed by atoms with Gasteiger partial charge in [-0.15, -0.1) is 0 Å². The van der Waals surface area contributed by atoms with Gasteiger partial charge in [-0.1, -0.05) is 47.5 Å². The second-order valence-corrected chi connectivity index (χ2v) is 8.87. The summed E-state index contributed by atoms with van der Waals surface area (Å²) in [6.45, 7) is 8.29. The topological polar surface area (TPSA) is 56.2 Å². The van der Waals surface area contributed by atoms with Gasteiger partial charge in [0.25, 0.3) is 5.91 Å². The van der Waals surface area contributed by atoms with Gasteiger partial charge in [0.2, 0.25) is 0 Å². The average Bonchev–Trinajstić information content (AvgIpc) is 3.17. The highest BCUT2D eigenvalue weighted by Gasteiger charge is 2.11. The number of aryl methyl sites for hydroxylation is 4. The molecule has 1 N–H and O–H groups in total. The van der Waals surface area contributed by atoms with Crippen LogP contribution in [0.3, 0.4) is 0 Å². The molecule has 3 aromatic carbocycles. The fourth-order valence-corrected chi connectivity index (χ4v) is 4.26. The molecule has 5 nitrogen and oxygen atoms in total. The number of carbonyl (C=O) groups is 1. The Morgan fingerprint density at radius 3 is 2.59 bits per heavy atom. The van der Waals surface area contributed by atoms with Gasteiger partial charge in [-0.2, -0.15) is 0 Å². The molecule has 0 aliphatic rings. The molecule has 0 radical (unpaired) electrons. The molecule has 34 heavy (non-hydrogen) atoms. The van der Waals surface area contributed by atoms with Crippen LogP contribution in [0.4, 0.5) is 0 Å². The van der Waals surface area contributed by atoms with Crippen LogP contribution in [0.15, 0.2) is 66.7 Å². The zero-order valence-corrected chi connectivity index (χ0v) is 20.3. The highest BCUT2D eigenvalue weighted by Crippen LogP contribution is 2.20. The largest absolute Gasteiger partial charge is 0.493 e. The quantitative estimate of drug-likeness (QED) is 0.308. The van der Waals surface area contributed by atoms with Crippen molar-refractivity contribution >= 4 is 16.9 Å². The predicted octanol–water partition coefficient (Wildman–Crippen LogP) is 5.79. The highest BCUT2D eigenvalue weighted by atomic mass is 16.5. The SMILES string of the molecule is Cc1cccc(C(=O)NCCc2nc3ccccc3n2CCCCOc2ccc(C)cc2C)c1. The monoisotopic (exact) mass is 455 g/mol. The summed E-state index contributed by atoms with van der Waals surface area (Å²) in [6, 6.07) is 22.2. The second kappa shape index (κ2) is 11.0. The molecule has 0 fully saturated rings. The van der Waals surface area contributed by atoms with Crippen LogP contribution in [-0.4, -0.2) is 28.6 Å². The van der Waals surface area contributed by atoms with Crippen molar-refractivity contribution in [1.29, 1.82) is 0 Å². The van der Waals surface area contributed by atoms with Crippen LogP contribution in [0.1, 0.15) is 45.7 Å². The van der Waals surface area contributed by atoms with Crippen LogP contribution < -0.4 is 10.1 Å². The lowest BCUT2D eigenvalue weighted by molar-refractivity contribution is 0.0954. The molecule has 176 valence electrons.